The highest BCUT2D eigenvalue weighted by Gasteiger charge is 2.36. The van der Waals surface area contributed by atoms with Gasteiger partial charge in [-0.2, -0.15) is 18.2 Å². The summed E-state index contributed by atoms with van der Waals surface area (Å²) in [5.41, 5.74) is 6.48. The Morgan fingerprint density at radius 2 is 2.03 bits per heavy atom. The van der Waals surface area contributed by atoms with Crippen LogP contribution in [0.5, 0.6) is 0 Å². The maximum Gasteiger partial charge on any atom is 0.419 e. The summed E-state index contributed by atoms with van der Waals surface area (Å²) in [5, 5.41) is 4.88. The predicted molar refractivity (Wildman–Crippen MR) is 114 cm³/mol. The van der Waals surface area contributed by atoms with Gasteiger partial charge in [0.1, 0.15) is 5.03 Å². The van der Waals surface area contributed by atoms with E-state index in [9.17, 15) is 13.2 Å². The lowest BCUT2D eigenvalue weighted by molar-refractivity contribution is -0.135. The topological polar surface area (TPSA) is 82.8 Å². The van der Waals surface area contributed by atoms with E-state index in [1.807, 2.05) is 19.2 Å². The molecule has 4 aromatic rings. The zero-order chi connectivity index (χ0) is 22.2. The molecule has 0 fully saturated rings. The average molecular weight is 447 g/mol. The van der Waals surface area contributed by atoms with Gasteiger partial charge in [0.05, 0.1) is 17.7 Å². The molecule has 3 aromatic heterocycles. The summed E-state index contributed by atoms with van der Waals surface area (Å²) in [7, 11) is 0. The van der Waals surface area contributed by atoms with Crippen molar-refractivity contribution >= 4 is 28.4 Å². The van der Waals surface area contributed by atoms with E-state index in [1.165, 1.54) is 17.8 Å². The van der Waals surface area contributed by atoms with Crippen LogP contribution in [0, 0.1) is 0 Å². The first kappa shape index (κ1) is 21.2. The normalized spacial score (nSPS) is 12.0. The first-order chi connectivity index (χ1) is 14.8. The molecule has 2 N–H and O–H groups in total. The van der Waals surface area contributed by atoms with Gasteiger partial charge in [-0.1, -0.05) is 18.5 Å². The molecule has 0 saturated heterocycles. The Bertz CT molecular complexity index is 1230. The van der Waals surface area contributed by atoms with Gasteiger partial charge < -0.3 is 14.8 Å². The summed E-state index contributed by atoms with van der Waals surface area (Å²) in [4.78, 5) is 8.75. The van der Waals surface area contributed by atoms with E-state index in [4.69, 9.17) is 10.3 Å². The molecule has 4 rings (SSSR count). The SMILES string of the molecule is CCCc1cc2c(C(F)(F)F)c(N)ccc2n1Cc1noc(-c2cccnc2SC)n1. The summed E-state index contributed by atoms with van der Waals surface area (Å²) in [6.45, 7) is 2.15. The highest BCUT2D eigenvalue weighted by molar-refractivity contribution is 7.98. The zero-order valence-electron chi connectivity index (χ0n) is 16.9. The second-order valence-corrected chi connectivity index (χ2v) is 7.80. The van der Waals surface area contributed by atoms with Crippen molar-refractivity contribution in [3.8, 4) is 11.5 Å². The Morgan fingerprint density at radius 3 is 2.74 bits per heavy atom. The highest BCUT2D eigenvalue weighted by Crippen LogP contribution is 2.40. The molecule has 31 heavy (non-hydrogen) atoms. The fraction of sp³-hybridized carbons (Fsp3) is 0.286. The molecule has 0 unspecified atom stereocenters. The van der Waals surface area contributed by atoms with Gasteiger partial charge in [0.15, 0.2) is 5.82 Å². The summed E-state index contributed by atoms with van der Waals surface area (Å²) in [5.74, 6) is 0.687. The summed E-state index contributed by atoms with van der Waals surface area (Å²) >= 11 is 1.46. The lowest BCUT2D eigenvalue weighted by Crippen LogP contribution is -2.10. The Balaban J connectivity index is 1.78. The first-order valence-electron chi connectivity index (χ1n) is 9.63. The third-order valence-electron chi connectivity index (χ3n) is 4.96. The molecule has 6 nitrogen and oxygen atoms in total. The van der Waals surface area contributed by atoms with Crippen LogP contribution in [0.3, 0.4) is 0 Å². The van der Waals surface area contributed by atoms with Crippen LogP contribution in [0.25, 0.3) is 22.4 Å². The number of thioether (sulfide) groups is 1. The molecule has 10 heteroatoms. The van der Waals surface area contributed by atoms with Crippen LogP contribution in [-0.2, 0) is 19.1 Å². The number of aromatic nitrogens is 4. The van der Waals surface area contributed by atoms with Gasteiger partial charge in [-0.3, -0.25) is 0 Å². The Labute approximate surface area is 180 Å². The molecule has 1 aromatic carbocycles. The molecule has 0 aliphatic carbocycles. The zero-order valence-corrected chi connectivity index (χ0v) is 17.7. The minimum atomic E-state index is -4.55. The van der Waals surface area contributed by atoms with Crippen molar-refractivity contribution in [1.29, 1.82) is 0 Å². The lowest BCUT2D eigenvalue weighted by atomic mass is 10.1. The van der Waals surface area contributed by atoms with Crippen molar-refractivity contribution in [2.75, 3.05) is 12.0 Å². The second kappa shape index (κ2) is 8.26. The van der Waals surface area contributed by atoms with Crippen molar-refractivity contribution < 1.29 is 17.7 Å². The maximum atomic E-state index is 13.7. The number of fused-ring (bicyclic) bond motifs is 1. The van der Waals surface area contributed by atoms with Gasteiger partial charge in [0.2, 0.25) is 0 Å². The van der Waals surface area contributed by atoms with Crippen LogP contribution in [0.15, 0.2) is 46.1 Å². The van der Waals surface area contributed by atoms with Crippen molar-refractivity contribution in [3.63, 3.8) is 0 Å². The number of pyridine rings is 1. The number of hydrogen-bond donors (Lipinski definition) is 1. The van der Waals surface area contributed by atoms with Crippen LogP contribution in [0.4, 0.5) is 18.9 Å². The molecule has 0 radical (unpaired) electrons. The molecule has 3 heterocycles. The first-order valence-corrected chi connectivity index (χ1v) is 10.9. The van der Waals surface area contributed by atoms with E-state index in [2.05, 4.69) is 15.1 Å². The summed E-state index contributed by atoms with van der Waals surface area (Å²) < 4.78 is 48.2. The monoisotopic (exact) mass is 447 g/mol. The van der Waals surface area contributed by atoms with Gasteiger partial charge in [-0.15, -0.1) is 11.8 Å². The molecule has 0 saturated carbocycles. The predicted octanol–water partition coefficient (Wildman–Crippen LogP) is 5.41. The number of benzene rings is 1. The van der Waals surface area contributed by atoms with E-state index in [1.54, 1.807) is 29.0 Å². The summed E-state index contributed by atoms with van der Waals surface area (Å²) in [6, 6.07) is 8.07. The van der Waals surface area contributed by atoms with Gasteiger partial charge in [-0.25, -0.2) is 4.98 Å². The van der Waals surface area contributed by atoms with Crippen LogP contribution < -0.4 is 5.73 Å². The van der Waals surface area contributed by atoms with Crippen molar-refractivity contribution in [2.24, 2.45) is 0 Å². The third kappa shape index (κ3) is 3.99. The Kier molecular flexibility index (Phi) is 5.65. The molecule has 0 spiro atoms. The minimum absolute atomic E-state index is 0.0802. The summed E-state index contributed by atoms with van der Waals surface area (Å²) in [6.07, 6.45) is 0.413. The van der Waals surface area contributed by atoms with Crippen LogP contribution in [-0.4, -0.2) is 25.9 Å². The van der Waals surface area contributed by atoms with Crippen molar-refractivity contribution in [1.82, 2.24) is 19.7 Å². The molecule has 0 aliphatic rings. The molecule has 162 valence electrons. The number of alkyl halides is 3. The molecule has 0 aliphatic heterocycles. The quantitative estimate of drug-likeness (QED) is 0.314. The van der Waals surface area contributed by atoms with Gasteiger partial charge in [0, 0.05) is 28.5 Å². The van der Waals surface area contributed by atoms with Gasteiger partial charge >= 0.3 is 6.18 Å². The number of halogens is 3. The molecule has 0 atom stereocenters. The highest BCUT2D eigenvalue weighted by atomic mass is 32.2. The van der Waals surface area contributed by atoms with E-state index in [0.717, 1.165) is 17.1 Å². The van der Waals surface area contributed by atoms with E-state index >= 15 is 0 Å². The Hall–Kier alpha value is -3.01. The number of anilines is 1. The van der Waals surface area contributed by atoms with Crippen molar-refractivity contribution in [3.05, 3.63) is 53.6 Å². The number of nitrogens with zero attached hydrogens (tertiary/aromatic N) is 4. The lowest BCUT2D eigenvalue weighted by Gasteiger charge is -2.12. The van der Waals surface area contributed by atoms with Gasteiger partial charge in [0.25, 0.3) is 5.89 Å². The minimum Gasteiger partial charge on any atom is -0.398 e. The van der Waals surface area contributed by atoms with Gasteiger partial charge in [-0.05, 0) is 43.0 Å². The third-order valence-corrected chi connectivity index (χ3v) is 5.67. The van der Waals surface area contributed by atoms with Crippen LogP contribution in [0.2, 0.25) is 0 Å². The van der Waals surface area contributed by atoms with Crippen LogP contribution >= 0.6 is 11.8 Å². The number of nitrogen functional groups attached to an aromatic ring is 1. The second-order valence-electron chi connectivity index (χ2n) is 7.01. The number of hydrogen-bond acceptors (Lipinski definition) is 6. The number of aryl methyl sites for hydroxylation is 1. The maximum absolute atomic E-state index is 13.7. The molecule has 0 bridgehead atoms. The van der Waals surface area contributed by atoms with E-state index in [0.29, 0.717) is 29.2 Å². The molecular formula is C21H20F3N5OS. The van der Waals surface area contributed by atoms with E-state index in [-0.39, 0.29) is 17.6 Å². The largest absolute Gasteiger partial charge is 0.419 e. The fourth-order valence-corrected chi connectivity index (χ4v) is 4.20. The number of nitrogens with two attached hydrogens (primary N) is 1. The Morgan fingerprint density at radius 1 is 1.23 bits per heavy atom. The standard InChI is InChI=1S/C21H20F3N5OS/c1-3-5-12-10-14-16(8-7-15(25)18(14)21(22,23)24)29(12)11-17-27-19(30-28-17)13-6-4-9-26-20(13)31-2/h4,6-10H,3,5,11,25H2,1-2H3. The molecular weight excluding hydrogens is 427 g/mol. The average Bonchev–Trinajstić information content (AvgIpc) is 3.32. The smallest absolute Gasteiger partial charge is 0.398 e. The van der Waals surface area contributed by atoms with Crippen molar-refractivity contribution in [2.45, 2.75) is 37.5 Å². The van der Waals surface area contributed by atoms with Crippen LogP contribution in [0.1, 0.15) is 30.4 Å². The number of rotatable bonds is 6. The van der Waals surface area contributed by atoms with E-state index < -0.39 is 11.7 Å². The fourth-order valence-electron chi connectivity index (χ4n) is 3.66. The molecule has 0 amide bonds.